The first kappa shape index (κ1) is 24.4. The second kappa shape index (κ2) is 12.1. The van der Waals surface area contributed by atoms with Crippen molar-refractivity contribution in [2.24, 2.45) is 0 Å². The smallest absolute Gasteiger partial charge is 0.351 e. The molecule has 1 unspecified atom stereocenters. The Morgan fingerprint density at radius 2 is 1.88 bits per heavy atom. The molecule has 2 aromatic rings. The second-order valence-corrected chi connectivity index (χ2v) is 7.95. The first-order valence-corrected chi connectivity index (χ1v) is 11.1. The van der Waals surface area contributed by atoms with Crippen LogP contribution < -0.4 is 16.7 Å². The number of aromatic nitrogens is 2. The number of hydrogen-bond donors (Lipinski definition) is 2. The first-order chi connectivity index (χ1) is 15.9. The Morgan fingerprint density at radius 3 is 2.61 bits per heavy atom. The third kappa shape index (κ3) is 7.67. The summed E-state index contributed by atoms with van der Waals surface area (Å²) in [5, 5.41) is 2.84. The lowest BCUT2D eigenvalue weighted by Crippen LogP contribution is -2.30. The van der Waals surface area contributed by atoms with Crippen molar-refractivity contribution < 1.29 is 23.5 Å². The van der Waals surface area contributed by atoms with Crippen molar-refractivity contribution in [1.29, 1.82) is 0 Å². The molecule has 2 heterocycles. The minimum Gasteiger partial charge on any atom is -0.463 e. The number of esters is 1. The predicted octanol–water partition coefficient (Wildman–Crippen LogP) is 2.97. The van der Waals surface area contributed by atoms with Gasteiger partial charge in [-0.2, -0.15) is 4.98 Å². The van der Waals surface area contributed by atoms with Crippen LogP contribution in [0.5, 0.6) is 0 Å². The molecule has 1 aliphatic heterocycles. The van der Waals surface area contributed by atoms with Crippen LogP contribution in [0, 0.1) is 0 Å². The summed E-state index contributed by atoms with van der Waals surface area (Å²) < 4.78 is 26.1. The Kier molecular flexibility index (Phi) is 8.94. The number of hydrogen-bond acceptors (Lipinski definition) is 7. The van der Waals surface area contributed by atoms with Gasteiger partial charge >= 0.3 is 11.7 Å². The number of benzene rings is 1. The number of rotatable bonds is 11. The van der Waals surface area contributed by atoms with Gasteiger partial charge in [0.25, 0.3) is 0 Å². The molecule has 1 saturated heterocycles. The fourth-order valence-electron chi connectivity index (χ4n) is 3.58. The molecule has 0 spiro atoms. The van der Waals surface area contributed by atoms with Crippen molar-refractivity contribution in [2.75, 3.05) is 17.7 Å². The van der Waals surface area contributed by atoms with Crippen molar-refractivity contribution in [2.45, 2.75) is 63.4 Å². The third-order valence-electron chi connectivity index (χ3n) is 5.28. The molecular weight excluding hydrogens is 431 g/mol. The maximum absolute atomic E-state index is 14.3. The summed E-state index contributed by atoms with van der Waals surface area (Å²) in [7, 11) is 0. The number of carbonyl (C=O) groups is 2. The molecule has 9 nitrogen and oxygen atoms in total. The summed E-state index contributed by atoms with van der Waals surface area (Å²) in [6, 6.07) is 10.7. The molecular formula is C23H29FN4O5. The molecule has 0 radical (unpaired) electrons. The molecule has 10 heteroatoms. The summed E-state index contributed by atoms with van der Waals surface area (Å²) in [5.41, 5.74) is 5.52. The van der Waals surface area contributed by atoms with Crippen LogP contribution >= 0.6 is 0 Å². The van der Waals surface area contributed by atoms with E-state index in [0.717, 1.165) is 29.5 Å². The van der Waals surface area contributed by atoms with Gasteiger partial charge in [-0.3, -0.25) is 14.2 Å². The number of nitrogens with two attached hydrogens (primary N) is 1. The summed E-state index contributed by atoms with van der Waals surface area (Å²) in [5.74, 6) is -0.366. The molecule has 0 aliphatic carbocycles. The molecule has 1 aromatic carbocycles. The van der Waals surface area contributed by atoms with Gasteiger partial charge in [0.05, 0.1) is 6.10 Å². The van der Waals surface area contributed by atoms with E-state index in [1.165, 1.54) is 12.3 Å². The molecule has 0 saturated carbocycles. The number of amides is 1. The van der Waals surface area contributed by atoms with Crippen LogP contribution in [0.3, 0.4) is 0 Å². The van der Waals surface area contributed by atoms with E-state index < -0.39 is 24.2 Å². The van der Waals surface area contributed by atoms with Crippen LogP contribution in [0.15, 0.2) is 47.4 Å². The molecule has 3 N–H and O–H groups in total. The number of nitrogen functional groups attached to an aromatic ring is 1. The van der Waals surface area contributed by atoms with Crippen molar-refractivity contribution in [1.82, 2.24) is 9.55 Å². The number of nitrogens with one attached hydrogen (secondary N) is 1. The van der Waals surface area contributed by atoms with E-state index in [4.69, 9.17) is 15.2 Å². The molecule has 1 aliphatic rings. The number of halogens is 1. The van der Waals surface area contributed by atoms with Crippen LogP contribution in [0.4, 0.5) is 15.9 Å². The lowest BCUT2D eigenvalue weighted by Gasteiger charge is -2.16. The Balaban J connectivity index is 1.26. The topological polar surface area (TPSA) is 126 Å². The van der Waals surface area contributed by atoms with Gasteiger partial charge in [-0.1, -0.05) is 31.0 Å². The van der Waals surface area contributed by atoms with Gasteiger partial charge in [0, 0.05) is 31.1 Å². The highest BCUT2D eigenvalue weighted by Gasteiger charge is 2.37. The van der Waals surface area contributed by atoms with Gasteiger partial charge in [-0.25, -0.2) is 9.18 Å². The highest BCUT2D eigenvalue weighted by Crippen LogP contribution is 2.30. The van der Waals surface area contributed by atoms with Gasteiger partial charge in [0.2, 0.25) is 5.91 Å². The number of carbonyl (C=O) groups excluding carboxylic acids is 2. The number of ether oxygens (including phenoxy) is 2. The number of anilines is 2. The largest absolute Gasteiger partial charge is 0.463 e. The summed E-state index contributed by atoms with van der Waals surface area (Å²) in [6.45, 7) is -0.0768. The molecule has 1 aromatic heterocycles. The Labute approximate surface area is 191 Å². The van der Waals surface area contributed by atoms with Gasteiger partial charge in [-0.15, -0.1) is 0 Å². The van der Waals surface area contributed by atoms with E-state index in [1.54, 1.807) is 0 Å². The SMILES string of the molecule is Nc1ccn([C@@H]2O[C@H](COC(=O)CCCCCCC(=O)Nc3ccccc3)CC2F)c(=O)n1. The zero-order valence-corrected chi connectivity index (χ0v) is 18.3. The Bertz CT molecular complexity index is 984. The fourth-order valence-corrected chi connectivity index (χ4v) is 3.58. The Morgan fingerprint density at radius 1 is 1.15 bits per heavy atom. The maximum atomic E-state index is 14.3. The van der Waals surface area contributed by atoms with Gasteiger partial charge in [-0.05, 0) is 31.0 Å². The highest BCUT2D eigenvalue weighted by atomic mass is 19.1. The predicted molar refractivity (Wildman–Crippen MR) is 120 cm³/mol. The van der Waals surface area contributed by atoms with Crippen molar-refractivity contribution in [3.63, 3.8) is 0 Å². The zero-order valence-electron chi connectivity index (χ0n) is 18.3. The van der Waals surface area contributed by atoms with E-state index >= 15 is 0 Å². The molecule has 3 rings (SSSR count). The number of unbranched alkanes of at least 4 members (excludes halogenated alkanes) is 3. The molecule has 3 atom stereocenters. The van der Waals surface area contributed by atoms with E-state index in [-0.39, 0.29) is 37.1 Å². The number of alkyl halides is 1. The molecule has 1 amide bonds. The first-order valence-electron chi connectivity index (χ1n) is 11.1. The van der Waals surface area contributed by atoms with Gasteiger partial charge in [0.15, 0.2) is 6.23 Å². The number of nitrogens with zero attached hydrogens (tertiary/aromatic N) is 2. The summed E-state index contributed by atoms with van der Waals surface area (Å²) in [6.07, 6.45) is 1.86. The monoisotopic (exact) mass is 460 g/mol. The quantitative estimate of drug-likeness (QED) is 0.390. The Hall–Kier alpha value is -3.27. The number of para-hydroxylation sites is 1. The van der Waals surface area contributed by atoms with Crippen molar-refractivity contribution >= 4 is 23.4 Å². The van der Waals surface area contributed by atoms with Crippen LogP contribution in [-0.2, 0) is 19.1 Å². The van der Waals surface area contributed by atoms with Crippen LogP contribution in [0.1, 0.15) is 51.2 Å². The van der Waals surface area contributed by atoms with Gasteiger partial charge in [0.1, 0.15) is 18.6 Å². The van der Waals surface area contributed by atoms with Gasteiger partial charge < -0.3 is 20.5 Å². The molecule has 33 heavy (non-hydrogen) atoms. The maximum Gasteiger partial charge on any atom is 0.351 e. The normalized spacial score (nSPS) is 19.8. The average Bonchev–Trinajstić information content (AvgIpc) is 3.15. The molecule has 178 valence electrons. The van der Waals surface area contributed by atoms with E-state index in [0.29, 0.717) is 12.8 Å². The molecule has 0 bridgehead atoms. The average molecular weight is 461 g/mol. The van der Waals surface area contributed by atoms with Crippen LogP contribution in [0.25, 0.3) is 0 Å². The minimum absolute atomic E-state index is 0.0137. The third-order valence-corrected chi connectivity index (χ3v) is 5.28. The highest BCUT2D eigenvalue weighted by molar-refractivity contribution is 5.90. The van der Waals surface area contributed by atoms with Crippen molar-refractivity contribution in [3.05, 3.63) is 53.1 Å². The lowest BCUT2D eigenvalue weighted by atomic mass is 10.1. The van der Waals surface area contributed by atoms with E-state index in [1.807, 2.05) is 30.3 Å². The van der Waals surface area contributed by atoms with Crippen LogP contribution in [0.2, 0.25) is 0 Å². The van der Waals surface area contributed by atoms with Crippen LogP contribution in [-0.4, -0.2) is 40.3 Å². The molecule has 1 fully saturated rings. The van der Waals surface area contributed by atoms with E-state index in [9.17, 15) is 18.8 Å². The van der Waals surface area contributed by atoms with Crippen molar-refractivity contribution in [3.8, 4) is 0 Å². The second-order valence-electron chi connectivity index (χ2n) is 7.95. The fraction of sp³-hybridized carbons (Fsp3) is 0.478. The zero-order chi connectivity index (χ0) is 23.6. The minimum atomic E-state index is -1.42. The lowest BCUT2D eigenvalue weighted by molar-refractivity contribution is -0.148. The van der Waals surface area contributed by atoms with E-state index in [2.05, 4.69) is 10.3 Å². The standard InChI is InChI=1S/C23H29FN4O5/c24-18-14-17(33-22(18)28-13-12-19(25)27-23(28)31)15-32-21(30)11-7-2-1-6-10-20(29)26-16-8-4-3-5-9-16/h3-5,8-9,12-13,17-18,22H,1-2,6-7,10-11,14-15H2,(H,26,29)(H2,25,27,31)/t17-,18?,22+/m0/s1. The summed E-state index contributed by atoms with van der Waals surface area (Å²) >= 11 is 0. The summed E-state index contributed by atoms with van der Waals surface area (Å²) in [4.78, 5) is 39.3.